The van der Waals surface area contributed by atoms with Crippen LogP contribution in [0.2, 0.25) is 0 Å². The molecule has 1 unspecified atom stereocenters. The first kappa shape index (κ1) is 24.4. The standard InChI is InChI=1S/C20H27FN6O3S/c1-12(2)7-16(11-28)23-19-24-18(25-20(26-19)27-31(4,29)30)8-13(3)14-5-6-15(10-22)17(21)9-14/h5-6,9,12-13,16,28H,7-8,11H2,1-4H3,(H2,23,24,25,26,27)/t13?,16-/m1/s1. The molecule has 9 nitrogen and oxygen atoms in total. The first-order valence-electron chi connectivity index (χ1n) is 9.80. The van der Waals surface area contributed by atoms with Gasteiger partial charge in [0.15, 0.2) is 0 Å². The van der Waals surface area contributed by atoms with E-state index in [0.29, 0.717) is 23.7 Å². The van der Waals surface area contributed by atoms with E-state index < -0.39 is 15.8 Å². The summed E-state index contributed by atoms with van der Waals surface area (Å²) in [5, 5.41) is 21.5. The molecule has 0 bridgehead atoms. The second-order valence-electron chi connectivity index (χ2n) is 7.88. The maximum Gasteiger partial charge on any atom is 0.241 e. The SMILES string of the molecule is CC(C)C[C@H](CO)Nc1nc(CC(C)c2ccc(C#N)c(F)c2)nc(NS(C)(=O)=O)n1. The zero-order chi connectivity index (χ0) is 23.2. The molecule has 1 heterocycles. The van der Waals surface area contributed by atoms with Gasteiger partial charge in [-0.25, -0.2) is 12.8 Å². The number of hydrogen-bond acceptors (Lipinski definition) is 8. The minimum atomic E-state index is -3.62. The van der Waals surface area contributed by atoms with Gasteiger partial charge in [0.25, 0.3) is 0 Å². The zero-order valence-corrected chi connectivity index (χ0v) is 18.7. The molecule has 0 amide bonds. The summed E-state index contributed by atoms with van der Waals surface area (Å²) in [6, 6.07) is 5.84. The number of aromatic nitrogens is 3. The predicted molar refractivity (Wildman–Crippen MR) is 115 cm³/mol. The highest BCUT2D eigenvalue weighted by atomic mass is 32.2. The van der Waals surface area contributed by atoms with E-state index in [1.165, 1.54) is 12.1 Å². The van der Waals surface area contributed by atoms with E-state index in [0.717, 1.165) is 6.26 Å². The number of hydrogen-bond donors (Lipinski definition) is 3. The van der Waals surface area contributed by atoms with E-state index in [2.05, 4.69) is 25.0 Å². The van der Waals surface area contributed by atoms with Crippen LogP contribution < -0.4 is 10.0 Å². The molecule has 3 N–H and O–H groups in total. The van der Waals surface area contributed by atoms with E-state index in [1.807, 2.05) is 20.8 Å². The molecule has 168 valence electrons. The van der Waals surface area contributed by atoms with Crippen LogP contribution in [0.15, 0.2) is 18.2 Å². The van der Waals surface area contributed by atoms with Gasteiger partial charge in [-0.3, -0.25) is 4.72 Å². The molecule has 0 aliphatic carbocycles. The molecule has 2 atom stereocenters. The van der Waals surface area contributed by atoms with Crippen molar-refractivity contribution in [3.8, 4) is 6.07 Å². The molecule has 0 aliphatic heterocycles. The lowest BCUT2D eigenvalue weighted by Gasteiger charge is -2.19. The Kier molecular flexibility index (Phi) is 8.24. The molecule has 0 saturated heterocycles. The Morgan fingerprint density at radius 2 is 1.87 bits per heavy atom. The van der Waals surface area contributed by atoms with Gasteiger partial charge >= 0.3 is 0 Å². The van der Waals surface area contributed by atoms with E-state index in [4.69, 9.17) is 5.26 Å². The van der Waals surface area contributed by atoms with Gasteiger partial charge < -0.3 is 10.4 Å². The fourth-order valence-corrected chi connectivity index (χ4v) is 3.46. The van der Waals surface area contributed by atoms with Crippen molar-refractivity contribution in [1.29, 1.82) is 5.26 Å². The third-order valence-corrected chi connectivity index (χ3v) is 4.99. The van der Waals surface area contributed by atoms with Gasteiger partial charge in [-0.15, -0.1) is 0 Å². The van der Waals surface area contributed by atoms with Crippen molar-refractivity contribution in [2.24, 2.45) is 5.92 Å². The average Bonchev–Trinajstić information content (AvgIpc) is 2.65. The topological polar surface area (TPSA) is 141 Å². The second-order valence-corrected chi connectivity index (χ2v) is 9.63. The molecule has 0 fully saturated rings. The lowest BCUT2D eigenvalue weighted by molar-refractivity contribution is 0.259. The van der Waals surface area contributed by atoms with Crippen molar-refractivity contribution in [3.05, 3.63) is 41.0 Å². The summed E-state index contributed by atoms with van der Waals surface area (Å²) < 4.78 is 39.5. The normalized spacial score (nSPS) is 13.5. The molecule has 2 aromatic rings. The summed E-state index contributed by atoms with van der Waals surface area (Å²) >= 11 is 0. The predicted octanol–water partition coefficient (Wildman–Crippen LogP) is 2.42. The Hall–Kier alpha value is -2.84. The van der Waals surface area contributed by atoms with Crippen molar-refractivity contribution in [2.75, 3.05) is 22.9 Å². The largest absolute Gasteiger partial charge is 0.394 e. The maximum atomic E-state index is 14.0. The van der Waals surface area contributed by atoms with Gasteiger partial charge in [-0.2, -0.15) is 20.2 Å². The van der Waals surface area contributed by atoms with Crippen molar-refractivity contribution in [3.63, 3.8) is 0 Å². The highest BCUT2D eigenvalue weighted by molar-refractivity contribution is 7.91. The van der Waals surface area contributed by atoms with Gasteiger partial charge in [0.2, 0.25) is 21.9 Å². The number of sulfonamides is 1. The maximum absolute atomic E-state index is 14.0. The van der Waals surface area contributed by atoms with Crippen LogP contribution in [0.25, 0.3) is 0 Å². The van der Waals surface area contributed by atoms with Crippen molar-refractivity contribution < 1.29 is 17.9 Å². The van der Waals surface area contributed by atoms with E-state index >= 15 is 0 Å². The molecule has 0 saturated carbocycles. The van der Waals surface area contributed by atoms with Gasteiger partial charge in [0.1, 0.15) is 17.7 Å². The summed E-state index contributed by atoms with van der Waals surface area (Å²) in [5.41, 5.74) is 0.611. The highest BCUT2D eigenvalue weighted by Crippen LogP contribution is 2.22. The summed E-state index contributed by atoms with van der Waals surface area (Å²) in [6.07, 6.45) is 1.92. The fraction of sp³-hybridized carbons (Fsp3) is 0.500. The third kappa shape index (κ3) is 7.73. The number of nitrogens with one attached hydrogen (secondary N) is 2. The second kappa shape index (κ2) is 10.5. The molecule has 0 spiro atoms. The van der Waals surface area contributed by atoms with Crippen LogP contribution in [-0.4, -0.2) is 47.4 Å². The van der Waals surface area contributed by atoms with E-state index in [9.17, 15) is 17.9 Å². The van der Waals surface area contributed by atoms with Gasteiger partial charge in [0.05, 0.1) is 24.5 Å². The third-order valence-electron chi connectivity index (χ3n) is 4.44. The van der Waals surface area contributed by atoms with Crippen LogP contribution in [0.3, 0.4) is 0 Å². The smallest absolute Gasteiger partial charge is 0.241 e. The summed E-state index contributed by atoms with van der Waals surface area (Å²) in [5.74, 6) is -0.229. The number of nitriles is 1. The average molecular weight is 451 g/mol. The van der Waals surface area contributed by atoms with Crippen LogP contribution in [-0.2, 0) is 16.4 Å². The minimum absolute atomic E-state index is 0.0394. The van der Waals surface area contributed by atoms with Gasteiger partial charge in [-0.05, 0) is 36.0 Å². The van der Waals surface area contributed by atoms with E-state index in [1.54, 1.807) is 12.1 Å². The Morgan fingerprint density at radius 1 is 1.19 bits per heavy atom. The molecule has 1 aromatic heterocycles. The number of aliphatic hydroxyl groups is 1. The number of aliphatic hydroxyl groups excluding tert-OH is 1. The molecule has 2 rings (SSSR count). The van der Waals surface area contributed by atoms with Crippen LogP contribution in [0.5, 0.6) is 0 Å². The van der Waals surface area contributed by atoms with Crippen LogP contribution in [0, 0.1) is 23.1 Å². The van der Waals surface area contributed by atoms with Crippen LogP contribution >= 0.6 is 0 Å². The quantitative estimate of drug-likeness (QED) is 0.501. The Bertz CT molecular complexity index is 1060. The highest BCUT2D eigenvalue weighted by Gasteiger charge is 2.17. The molecule has 11 heteroatoms. The molecule has 0 radical (unpaired) electrons. The number of halogens is 1. The zero-order valence-electron chi connectivity index (χ0n) is 17.9. The number of anilines is 2. The lowest BCUT2D eigenvalue weighted by atomic mass is 9.96. The fourth-order valence-electron chi connectivity index (χ4n) is 3.04. The van der Waals surface area contributed by atoms with Crippen LogP contribution in [0.1, 0.15) is 50.1 Å². The Labute approximate surface area is 181 Å². The molecule has 31 heavy (non-hydrogen) atoms. The summed E-state index contributed by atoms with van der Waals surface area (Å²) in [7, 11) is -3.62. The number of rotatable bonds is 10. The molecular weight excluding hydrogens is 423 g/mol. The first-order valence-corrected chi connectivity index (χ1v) is 11.7. The van der Waals surface area contributed by atoms with E-state index in [-0.39, 0.29) is 42.4 Å². The minimum Gasteiger partial charge on any atom is -0.394 e. The molecular formula is C20H27FN6O3S. The van der Waals surface area contributed by atoms with Crippen molar-refractivity contribution in [2.45, 2.75) is 45.6 Å². The summed E-state index contributed by atoms with van der Waals surface area (Å²) in [4.78, 5) is 12.6. The van der Waals surface area contributed by atoms with Gasteiger partial charge in [-0.1, -0.05) is 26.8 Å². The van der Waals surface area contributed by atoms with Gasteiger partial charge in [0, 0.05) is 6.42 Å². The monoisotopic (exact) mass is 450 g/mol. The Balaban J connectivity index is 2.32. The van der Waals surface area contributed by atoms with Crippen molar-refractivity contribution in [1.82, 2.24) is 15.0 Å². The lowest BCUT2D eigenvalue weighted by Crippen LogP contribution is -2.27. The van der Waals surface area contributed by atoms with Crippen molar-refractivity contribution >= 4 is 21.9 Å². The number of benzene rings is 1. The molecule has 1 aromatic carbocycles. The van der Waals surface area contributed by atoms with Crippen LogP contribution in [0.4, 0.5) is 16.3 Å². The first-order chi connectivity index (χ1) is 14.5. The Morgan fingerprint density at radius 3 is 2.42 bits per heavy atom. The number of nitrogens with zero attached hydrogens (tertiary/aromatic N) is 4. The summed E-state index contributed by atoms with van der Waals surface area (Å²) in [6.45, 7) is 5.72. The molecule has 0 aliphatic rings.